The van der Waals surface area contributed by atoms with Crippen LogP contribution in [-0.4, -0.2) is 46.8 Å². The van der Waals surface area contributed by atoms with Gasteiger partial charge in [0.25, 0.3) is 0 Å². The summed E-state index contributed by atoms with van der Waals surface area (Å²) in [5.41, 5.74) is 2.13. The minimum atomic E-state index is 0.444. The Balaban J connectivity index is 1.32. The molecule has 2 aromatic heterocycles. The topological polar surface area (TPSA) is 81.8 Å². The van der Waals surface area contributed by atoms with Crippen LogP contribution in [-0.2, 0) is 6.54 Å². The Hall–Kier alpha value is -2.67. The molecule has 0 unspecified atom stereocenters. The number of H-pyrrole nitrogens is 1. The first kappa shape index (κ1) is 18.7. The third kappa shape index (κ3) is 4.42. The molecule has 0 saturated heterocycles. The van der Waals surface area contributed by atoms with Gasteiger partial charge in [-0.2, -0.15) is 10.1 Å². The van der Waals surface area contributed by atoms with Gasteiger partial charge in [0.05, 0.1) is 5.52 Å². The SMILES string of the molecule is CN(C)c1nc(NC2CCC(CNCc3ccn[nH]3)CC2)nc2ccccc12. The normalized spacial score (nSPS) is 19.6. The fourth-order valence-electron chi connectivity index (χ4n) is 3.95. The molecule has 0 amide bonds. The van der Waals surface area contributed by atoms with Crippen molar-refractivity contribution >= 4 is 22.7 Å². The molecule has 0 bridgehead atoms. The number of rotatable bonds is 7. The number of para-hydroxylation sites is 1. The Kier molecular flexibility index (Phi) is 5.71. The van der Waals surface area contributed by atoms with Gasteiger partial charge in [0, 0.05) is 44.0 Å². The van der Waals surface area contributed by atoms with Gasteiger partial charge in [0.2, 0.25) is 5.95 Å². The highest BCUT2D eigenvalue weighted by Crippen LogP contribution is 2.28. The van der Waals surface area contributed by atoms with Crippen molar-refractivity contribution in [2.75, 3.05) is 30.9 Å². The number of hydrogen-bond acceptors (Lipinski definition) is 6. The number of hydrogen-bond donors (Lipinski definition) is 3. The summed E-state index contributed by atoms with van der Waals surface area (Å²) in [5, 5.41) is 15.2. The van der Waals surface area contributed by atoms with Gasteiger partial charge < -0.3 is 15.5 Å². The molecule has 1 saturated carbocycles. The highest BCUT2D eigenvalue weighted by atomic mass is 15.2. The summed E-state index contributed by atoms with van der Waals surface area (Å²) in [6, 6.07) is 10.7. The van der Waals surface area contributed by atoms with Gasteiger partial charge in [-0.25, -0.2) is 4.98 Å². The van der Waals surface area contributed by atoms with E-state index in [1.54, 1.807) is 6.20 Å². The average Bonchev–Trinajstić information content (AvgIpc) is 3.22. The number of anilines is 2. The molecule has 1 aromatic carbocycles. The van der Waals surface area contributed by atoms with Crippen LogP contribution in [0.5, 0.6) is 0 Å². The van der Waals surface area contributed by atoms with E-state index in [0.29, 0.717) is 6.04 Å². The van der Waals surface area contributed by atoms with Gasteiger partial charge in [-0.05, 0) is 56.3 Å². The summed E-state index contributed by atoms with van der Waals surface area (Å²) >= 11 is 0. The van der Waals surface area contributed by atoms with Crippen LogP contribution >= 0.6 is 0 Å². The number of aromatic amines is 1. The molecule has 1 aliphatic carbocycles. The Morgan fingerprint density at radius 3 is 2.64 bits per heavy atom. The van der Waals surface area contributed by atoms with Gasteiger partial charge in [-0.3, -0.25) is 5.10 Å². The standard InChI is InChI=1S/C21H29N7/c1-28(2)20-18-5-3-4-6-19(18)25-21(26-20)24-16-9-7-15(8-10-16)13-22-14-17-11-12-23-27-17/h3-6,11-12,15-16,22H,7-10,13-14H2,1-2H3,(H,23,27)(H,24,25,26). The van der Waals surface area contributed by atoms with Crippen molar-refractivity contribution in [2.24, 2.45) is 5.92 Å². The Morgan fingerprint density at radius 2 is 1.89 bits per heavy atom. The fourth-order valence-corrected chi connectivity index (χ4v) is 3.95. The molecule has 148 valence electrons. The van der Waals surface area contributed by atoms with Crippen LogP contribution < -0.4 is 15.5 Å². The van der Waals surface area contributed by atoms with Crippen molar-refractivity contribution in [3.8, 4) is 0 Å². The molecule has 7 nitrogen and oxygen atoms in total. The van der Waals surface area contributed by atoms with Gasteiger partial charge in [0.15, 0.2) is 0 Å². The average molecular weight is 380 g/mol. The lowest BCUT2D eigenvalue weighted by Gasteiger charge is -2.29. The monoisotopic (exact) mass is 379 g/mol. The van der Waals surface area contributed by atoms with E-state index >= 15 is 0 Å². The quantitative estimate of drug-likeness (QED) is 0.585. The fraction of sp³-hybridized carbons (Fsp3) is 0.476. The molecule has 7 heteroatoms. The zero-order valence-electron chi connectivity index (χ0n) is 16.7. The zero-order valence-corrected chi connectivity index (χ0v) is 16.7. The third-order valence-electron chi connectivity index (χ3n) is 5.49. The van der Waals surface area contributed by atoms with Gasteiger partial charge in [-0.15, -0.1) is 0 Å². The van der Waals surface area contributed by atoms with Crippen molar-refractivity contribution in [3.05, 3.63) is 42.2 Å². The summed E-state index contributed by atoms with van der Waals surface area (Å²) in [6.45, 7) is 1.92. The maximum absolute atomic E-state index is 4.77. The van der Waals surface area contributed by atoms with Crippen LogP contribution in [0.1, 0.15) is 31.4 Å². The molecule has 0 aliphatic heterocycles. The number of fused-ring (bicyclic) bond motifs is 1. The largest absolute Gasteiger partial charge is 0.362 e. The Bertz CT molecular complexity index is 883. The summed E-state index contributed by atoms with van der Waals surface area (Å²) in [4.78, 5) is 11.6. The number of aromatic nitrogens is 4. The summed E-state index contributed by atoms with van der Waals surface area (Å²) < 4.78 is 0. The number of nitrogens with zero attached hydrogens (tertiary/aromatic N) is 4. The molecular formula is C21H29N7. The highest BCUT2D eigenvalue weighted by Gasteiger charge is 2.22. The smallest absolute Gasteiger partial charge is 0.225 e. The highest BCUT2D eigenvalue weighted by molar-refractivity contribution is 5.90. The second-order valence-corrected chi connectivity index (χ2v) is 7.86. The summed E-state index contributed by atoms with van der Waals surface area (Å²) in [5.74, 6) is 2.43. The molecule has 3 N–H and O–H groups in total. The number of benzene rings is 1. The van der Waals surface area contributed by atoms with Crippen molar-refractivity contribution in [3.63, 3.8) is 0 Å². The third-order valence-corrected chi connectivity index (χ3v) is 5.49. The van der Waals surface area contributed by atoms with E-state index < -0.39 is 0 Å². The molecule has 1 fully saturated rings. The molecule has 4 rings (SSSR count). The predicted octanol–water partition coefficient (Wildman–Crippen LogP) is 3.18. The van der Waals surface area contributed by atoms with Crippen molar-refractivity contribution in [1.29, 1.82) is 0 Å². The van der Waals surface area contributed by atoms with Crippen LogP contribution in [0.2, 0.25) is 0 Å². The van der Waals surface area contributed by atoms with Crippen LogP contribution in [0.15, 0.2) is 36.5 Å². The maximum Gasteiger partial charge on any atom is 0.225 e. The van der Waals surface area contributed by atoms with Crippen LogP contribution in [0.25, 0.3) is 10.9 Å². The van der Waals surface area contributed by atoms with Gasteiger partial charge in [-0.1, -0.05) is 12.1 Å². The lowest BCUT2D eigenvalue weighted by molar-refractivity contribution is 0.323. The first-order valence-electron chi connectivity index (χ1n) is 10.1. The first-order valence-corrected chi connectivity index (χ1v) is 10.1. The van der Waals surface area contributed by atoms with E-state index in [1.165, 1.54) is 12.8 Å². The van der Waals surface area contributed by atoms with Crippen LogP contribution in [0.4, 0.5) is 11.8 Å². The van der Waals surface area contributed by atoms with E-state index in [4.69, 9.17) is 9.97 Å². The van der Waals surface area contributed by atoms with E-state index in [1.807, 2.05) is 32.3 Å². The molecule has 0 spiro atoms. The number of nitrogens with one attached hydrogen (secondary N) is 3. The summed E-state index contributed by atoms with van der Waals surface area (Å²) in [6.07, 6.45) is 6.56. The van der Waals surface area contributed by atoms with E-state index in [2.05, 4.69) is 37.9 Å². The van der Waals surface area contributed by atoms with Crippen molar-refractivity contribution in [1.82, 2.24) is 25.5 Å². The van der Waals surface area contributed by atoms with E-state index in [-0.39, 0.29) is 0 Å². The Labute approximate surface area is 166 Å². The first-order chi connectivity index (χ1) is 13.7. The lowest BCUT2D eigenvalue weighted by atomic mass is 9.86. The van der Waals surface area contributed by atoms with E-state index in [9.17, 15) is 0 Å². The molecule has 1 aliphatic rings. The van der Waals surface area contributed by atoms with Crippen molar-refractivity contribution < 1.29 is 0 Å². The molecule has 0 radical (unpaired) electrons. The van der Waals surface area contributed by atoms with Gasteiger partial charge >= 0.3 is 0 Å². The molecule has 2 heterocycles. The zero-order chi connectivity index (χ0) is 19.3. The maximum atomic E-state index is 4.77. The second-order valence-electron chi connectivity index (χ2n) is 7.86. The van der Waals surface area contributed by atoms with Crippen molar-refractivity contribution in [2.45, 2.75) is 38.3 Å². The minimum absolute atomic E-state index is 0.444. The van der Waals surface area contributed by atoms with Crippen LogP contribution in [0, 0.1) is 5.92 Å². The predicted molar refractivity (Wildman–Crippen MR) is 114 cm³/mol. The molecule has 0 atom stereocenters. The summed E-state index contributed by atoms with van der Waals surface area (Å²) in [7, 11) is 4.06. The molecular weight excluding hydrogens is 350 g/mol. The molecule has 3 aromatic rings. The second kappa shape index (κ2) is 8.56. The lowest BCUT2D eigenvalue weighted by Crippen LogP contribution is -2.31. The van der Waals surface area contributed by atoms with Crippen LogP contribution in [0.3, 0.4) is 0 Å². The Morgan fingerprint density at radius 1 is 1.07 bits per heavy atom. The van der Waals surface area contributed by atoms with Gasteiger partial charge in [0.1, 0.15) is 5.82 Å². The van der Waals surface area contributed by atoms with E-state index in [0.717, 1.165) is 60.2 Å². The molecule has 28 heavy (non-hydrogen) atoms. The minimum Gasteiger partial charge on any atom is -0.362 e.